The van der Waals surface area contributed by atoms with Crippen LogP contribution in [0.4, 0.5) is 17.5 Å². The third-order valence-electron chi connectivity index (χ3n) is 3.20. The number of aliphatic hydroxyl groups excluding tert-OH is 1. The number of aromatic nitrogens is 5. The van der Waals surface area contributed by atoms with Crippen molar-refractivity contribution in [3.8, 4) is 0 Å². The predicted octanol–water partition coefficient (Wildman–Crippen LogP) is 1.64. The molecule has 2 aromatic heterocycles. The fraction of sp³-hybridized carbons (Fsp3) is 0.214. The molecule has 1 unspecified atom stereocenters. The lowest BCUT2D eigenvalue weighted by Crippen LogP contribution is -2.17. The van der Waals surface area contributed by atoms with Crippen molar-refractivity contribution in [1.29, 1.82) is 0 Å². The number of anilines is 3. The Hall–Kier alpha value is -2.98. The van der Waals surface area contributed by atoms with E-state index in [1.54, 1.807) is 13.0 Å². The van der Waals surface area contributed by atoms with Crippen molar-refractivity contribution in [2.45, 2.75) is 13.0 Å². The van der Waals surface area contributed by atoms with Gasteiger partial charge >= 0.3 is 5.97 Å². The number of carboxylic acid groups (broad SMARTS) is 1. The highest BCUT2D eigenvalue weighted by Crippen LogP contribution is 2.26. The Labute approximate surface area is 146 Å². The van der Waals surface area contributed by atoms with Gasteiger partial charge in [0.05, 0.1) is 16.7 Å². The Balaban J connectivity index is 1.93. The number of halogens is 1. The van der Waals surface area contributed by atoms with Crippen LogP contribution in [0.3, 0.4) is 0 Å². The number of benzene rings is 1. The van der Waals surface area contributed by atoms with Crippen LogP contribution in [-0.2, 0) is 0 Å². The van der Waals surface area contributed by atoms with Crippen LogP contribution in [0, 0.1) is 0 Å². The molecule has 0 spiro atoms. The zero-order chi connectivity index (χ0) is 18.0. The van der Waals surface area contributed by atoms with Crippen molar-refractivity contribution in [3.05, 3.63) is 28.8 Å². The summed E-state index contributed by atoms with van der Waals surface area (Å²) in [7, 11) is 0. The van der Waals surface area contributed by atoms with Crippen LogP contribution < -0.4 is 10.6 Å². The van der Waals surface area contributed by atoms with Crippen LogP contribution in [-0.4, -0.2) is 54.2 Å². The highest BCUT2D eigenvalue weighted by atomic mass is 35.5. The molecule has 0 saturated carbocycles. The van der Waals surface area contributed by atoms with Crippen molar-refractivity contribution in [2.24, 2.45) is 0 Å². The van der Waals surface area contributed by atoms with Crippen molar-refractivity contribution in [2.75, 3.05) is 17.2 Å². The minimum atomic E-state index is -1.11. The molecule has 5 N–H and O–H groups in total. The topological polar surface area (TPSA) is 149 Å². The van der Waals surface area contributed by atoms with Crippen LogP contribution in [0.2, 0.25) is 5.02 Å². The summed E-state index contributed by atoms with van der Waals surface area (Å²) in [4.78, 5) is 19.5. The summed E-state index contributed by atoms with van der Waals surface area (Å²) in [6.07, 6.45) is -0.574. The van der Waals surface area contributed by atoms with Gasteiger partial charge in [0.1, 0.15) is 0 Å². The number of carboxylic acids is 1. The van der Waals surface area contributed by atoms with Crippen molar-refractivity contribution >= 4 is 46.2 Å². The molecule has 0 radical (unpaired) electrons. The maximum Gasteiger partial charge on any atom is 0.337 e. The molecular weight excluding hydrogens is 350 g/mol. The first kappa shape index (κ1) is 16.9. The molecule has 3 aromatic rings. The lowest BCUT2D eigenvalue weighted by molar-refractivity contribution is 0.0697. The van der Waals surface area contributed by atoms with E-state index in [4.69, 9.17) is 16.7 Å². The first-order chi connectivity index (χ1) is 11.9. The molecule has 25 heavy (non-hydrogen) atoms. The fourth-order valence-corrected chi connectivity index (χ4v) is 2.32. The number of aliphatic hydroxyl groups is 1. The van der Waals surface area contributed by atoms with E-state index in [2.05, 4.69) is 36.0 Å². The molecule has 0 saturated heterocycles. The van der Waals surface area contributed by atoms with Crippen molar-refractivity contribution in [3.63, 3.8) is 0 Å². The van der Waals surface area contributed by atoms with Gasteiger partial charge < -0.3 is 20.8 Å². The lowest BCUT2D eigenvalue weighted by atomic mass is 10.2. The first-order valence-corrected chi connectivity index (χ1v) is 7.62. The second-order valence-corrected chi connectivity index (χ2v) is 5.65. The van der Waals surface area contributed by atoms with Gasteiger partial charge in [0, 0.05) is 12.2 Å². The second kappa shape index (κ2) is 6.87. The van der Waals surface area contributed by atoms with Gasteiger partial charge in [-0.1, -0.05) is 11.6 Å². The standard InChI is InChI=1S/C14H14ClN7O3/c1-6(23)5-16-14-18-11(10-12(19-14)21-22-20-10)17-7-2-3-8(13(24)25)9(15)4-7/h2-4,6,23H,5H2,1H3,(H,24,25)(H3,16,17,18,19,20,21,22). The fourth-order valence-electron chi connectivity index (χ4n) is 2.05. The Kier molecular flexibility index (Phi) is 4.63. The van der Waals surface area contributed by atoms with E-state index >= 15 is 0 Å². The summed E-state index contributed by atoms with van der Waals surface area (Å²) in [5.41, 5.74) is 1.26. The maximum absolute atomic E-state index is 11.0. The minimum Gasteiger partial charge on any atom is -0.478 e. The molecular formula is C14H14ClN7O3. The minimum absolute atomic E-state index is 0.000719. The molecule has 11 heteroatoms. The van der Waals surface area contributed by atoms with Crippen molar-refractivity contribution in [1.82, 2.24) is 25.4 Å². The average molecular weight is 364 g/mol. The molecule has 0 bridgehead atoms. The number of nitrogens with zero attached hydrogens (tertiary/aromatic N) is 4. The molecule has 0 aliphatic heterocycles. The van der Waals surface area contributed by atoms with Gasteiger partial charge in [-0.05, 0) is 25.1 Å². The van der Waals surface area contributed by atoms with Gasteiger partial charge in [-0.2, -0.15) is 20.3 Å². The van der Waals surface area contributed by atoms with Gasteiger partial charge in [0.25, 0.3) is 0 Å². The smallest absolute Gasteiger partial charge is 0.337 e. The van der Waals surface area contributed by atoms with Crippen LogP contribution in [0.1, 0.15) is 17.3 Å². The highest BCUT2D eigenvalue weighted by Gasteiger charge is 2.14. The summed E-state index contributed by atoms with van der Waals surface area (Å²) in [5.74, 6) is -0.494. The summed E-state index contributed by atoms with van der Waals surface area (Å²) in [6.45, 7) is 1.90. The number of nitrogens with one attached hydrogen (secondary N) is 3. The average Bonchev–Trinajstić information content (AvgIpc) is 3.01. The van der Waals surface area contributed by atoms with Crippen LogP contribution in [0.15, 0.2) is 18.2 Å². The summed E-state index contributed by atoms with van der Waals surface area (Å²) < 4.78 is 0. The van der Waals surface area contributed by atoms with Gasteiger partial charge in [-0.3, -0.25) is 0 Å². The molecule has 0 fully saturated rings. The van der Waals surface area contributed by atoms with E-state index in [0.717, 1.165) is 0 Å². The zero-order valence-corrected chi connectivity index (χ0v) is 13.7. The predicted molar refractivity (Wildman–Crippen MR) is 91.3 cm³/mol. The van der Waals surface area contributed by atoms with E-state index in [-0.39, 0.29) is 23.1 Å². The number of hydrogen-bond donors (Lipinski definition) is 5. The monoisotopic (exact) mass is 363 g/mol. The second-order valence-electron chi connectivity index (χ2n) is 5.25. The Morgan fingerprint density at radius 2 is 2.16 bits per heavy atom. The largest absolute Gasteiger partial charge is 0.478 e. The van der Waals surface area contributed by atoms with E-state index in [1.807, 2.05) is 0 Å². The number of rotatable bonds is 6. The van der Waals surface area contributed by atoms with E-state index < -0.39 is 12.1 Å². The first-order valence-electron chi connectivity index (χ1n) is 7.24. The van der Waals surface area contributed by atoms with E-state index in [0.29, 0.717) is 22.7 Å². The van der Waals surface area contributed by atoms with Crippen LogP contribution in [0.5, 0.6) is 0 Å². The Morgan fingerprint density at radius 1 is 1.36 bits per heavy atom. The molecule has 130 valence electrons. The third-order valence-corrected chi connectivity index (χ3v) is 3.51. The van der Waals surface area contributed by atoms with Crippen LogP contribution in [0.25, 0.3) is 11.2 Å². The molecule has 3 rings (SSSR count). The van der Waals surface area contributed by atoms with E-state index in [1.165, 1.54) is 12.1 Å². The highest BCUT2D eigenvalue weighted by molar-refractivity contribution is 6.33. The summed E-state index contributed by atoms with van der Waals surface area (Å²) >= 11 is 5.98. The molecule has 2 heterocycles. The number of fused-ring (bicyclic) bond motifs is 1. The van der Waals surface area contributed by atoms with Crippen LogP contribution >= 0.6 is 11.6 Å². The molecule has 0 aliphatic carbocycles. The van der Waals surface area contributed by atoms with Gasteiger partial charge in [-0.25, -0.2) is 4.79 Å². The number of H-pyrrole nitrogens is 1. The van der Waals surface area contributed by atoms with Gasteiger partial charge in [-0.15, -0.1) is 5.10 Å². The third kappa shape index (κ3) is 3.75. The molecule has 10 nitrogen and oxygen atoms in total. The molecule has 0 aliphatic rings. The SMILES string of the molecule is CC(O)CNc1nc(Nc2ccc(C(=O)O)c(Cl)c2)c2n[nH]nc2n1. The lowest BCUT2D eigenvalue weighted by Gasteiger charge is -2.10. The number of hydrogen-bond acceptors (Lipinski definition) is 8. The normalized spacial score (nSPS) is 12.1. The number of aromatic amines is 1. The van der Waals surface area contributed by atoms with Gasteiger partial charge in [0.15, 0.2) is 11.3 Å². The zero-order valence-electron chi connectivity index (χ0n) is 13.0. The van der Waals surface area contributed by atoms with Crippen molar-refractivity contribution < 1.29 is 15.0 Å². The maximum atomic E-state index is 11.0. The Morgan fingerprint density at radius 3 is 2.84 bits per heavy atom. The summed E-state index contributed by atoms with van der Waals surface area (Å²) in [5, 5.41) is 34.8. The molecule has 0 amide bonds. The van der Waals surface area contributed by atoms with Gasteiger partial charge in [0.2, 0.25) is 11.6 Å². The molecule has 1 atom stereocenters. The molecule has 1 aromatic carbocycles. The number of carbonyl (C=O) groups is 1. The number of aromatic carboxylic acids is 1. The van der Waals surface area contributed by atoms with E-state index in [9.17, 15) is 9.90 Å². The summed E-state index contributed by atoms with van der Waals surface area (Å²) in [6, 6.07) is 4.43. The quantitative estimate of drug-likeness (QED) is 0.440. The Bertz CT molecular complexity index is 928.